The van der Waals surface area contributed by atoms with Gasteiger partial charge in [-0.1, -0.05) is 43.6 Å². The van der Waals surface area contributed by atoms with Crippen LogP contribution in [-0.4, -0.2) is 28.5 Å². The Labute approximate surface area is 94.4 Å². The second kappa shape index (κ2) is 6.40. The van der Waals surface area contributed by atoms with E-state index in [0.717, 1.165) is 0 Å². The van der Waals surface area contributed by atoms with Gasteiger partial charge < -0.3 is 10.4 Å². The topological polar surface area (TPSA) is 49.3 Å². The van der Waals surface area contributed by atoms with E-state index in [1.807, 2.05) is 27.7 Å². The summed E-state index contributed by atoms with van der Waals surface area (Å²) in [6.07, 6.45) is 0. The predicted molar refractivity (Wildman–Crippen MR) is 61.4 cm³/mol. The maximum Gasteiger partial charge on any atom is 0.234 e. The molecule has 0 saturated carbocycles. The Balaban J connectivity index is 4.15. The average Bonchev–Trinajstić information content (AvgIpc) is 2.11. The van der Waals surface area contributed by atoms with Crippen LogP contribution >= 0.6 is 15.9 Å². The van der Waals surface area contributed by atoms with E-state index in [4.69, 9.17) is 5.11 Å². The van der Waals surface area contributed by atoms with Gasteiger partial charge in [0.1, 0.15) is 0 Å². The number of nitrogens with one attached hydrogen (secondary N) is 1. The summed E-state index contributed by atoms with van der Waals surface area (Å²) in [5.41, 5.74) is 0. The van der Waals surface area contributed by atoms with Crippen LogP contribution in [0.15, 0.2) is 0 Å². The van der Waals surface area contributed by atoms with Gasteiger partial charge in [0.25, 0.3) is 0 Å². The second-order valence-electron chi connectivity index (χ2n) is 4.19. The summed E-state index contributed by atoms with van der Waals surface area (Å²) in [6, 6.07) is -0.152. The number of carbonyl (C=O) groups is 1. The van der Waals surface area contributed by atoms with Gasteiger partial charge in [-0.2, -0.15) is 0 Å². The van der Waals surface area contributed by atoms with Gasteiger partial charge in [-0.15, -0.1) is 0 Å². The Morgan fingerprint density at radius 1 is 1.29 bits per heavy atom. The van der Waals surface area contributed by atoms with E-state index in [2.05, 4.69) is 21.2 Å². The number of amides is 1. The highest BCUT2D eigenvalue weighted by Gasteiger charge is 2.22. The van der Waals surface area contributed by atoms with Gasteiger partial charge in [0, 0.05) is 0 Å². The molecule has 14 heavy (non-hydrogen) atoms. The minimum atomic E-state index is -0.185. The molecule has 2 N–H and O–H groups in total. The van der Waals surface area contributed by atoms with Crippen LogP contribution in [0.4, 0.5) is 0 Å². The molecule has 0 aromatic heterocycles. The van der Waals surface area contributed by atoms with Crippen molar-refractivity contribution < 1.29 is 9.90 Å². The molecule has 3 nitrogen and oxygen atoms in total. The number of hydrogen-bond acceptors (Lipinski definition) is 2. The first-order chi connectivity index (χ1) is 6.40. The van der Waals surface area contributed by atoms with E-state index >= 15 is 0 Å². The highest BCUT2D eigenvalue weighted by Crippen LogP contribution is 2.12. The molecule has 0 aliphatic carbocycles. The lowest BCUT2D eigenvalue weighted by molar-refractivity contribution is -0.122. The Kier molecular flexibility index (Phi) is 6.36. The first kappa shape index (κ1) is 13.9. The van der Waals surface area contributed by atoms with E-state index in [-0.39, 0.29) is 35.2 Å². The molecular weight excluding hydrogens is 246 g/mol. The molecule has 1 unspecified atom stereocenters. The van der Waals surface area contributed by atoms with Crippen LogP contribution < -0.4 is 5.32 Å². The number of alkyl halides is 1. The molecule has 0 aromatic carbocycles. The highest BCUT2D eigenvalue weighted by atomic mass is 79.9. The van der Waals surface area contributed by atoms with Crippen molar-refractivity contribution in [2.45, 2.75) is 38.6 Å². The Morgan fingerprint density at radius 2 is 1.79 bits per heavy atom. The fourth-order valence-electron chi connectivity index (χ4n) is 0.988. The smallest absolute Gasteiger partial charge is 0.234 e. The zero-order valence-electron chi connectivity index (χ0n) is 9.25. The van der Waals surface area contributed by atoms with Gasteiger partial charge in [0.2, 0.25) is 5.91 Å². The van der Waals surface area contributed by atoms with E-state index in [0.29, 0.717) is 0 Å². The molecule has 2 atom stereocenters. The maximum absolute atomic E-state index is 11.6. The molecule has 4 heteroatoms. The number of aliphatic hydroxyl groups excluding tert-OH is 1. The summed E-state index contributed by atoms with van der Waals surface area (Å²) in [7, 11) is 0. The van der Waals surface area contributed by atoms with E-state index in [1.54, 1.807) is 0 Å². The lowest BCUT2D eigenvalue weighted by Gasteiger charge is -2.22. The number of halogens is 1. The average molecular weight is 266 g/mol. The molecule has 0 fully saturated rings. The van der Waals surface area contributed by atoms with Crippen molar-refractivity contribution in [2.24, 2.45) is 11.8 Å². The summed E-state index contributed by atoms with van der Waals surface area (Å²) >= 11 is 3.32. The lowest BCUT2D eigenvalue weighted by atomic mass is 10.0. The molecule has 0 radical (unpaired) electrons. The van der Waals surface area contributed by atoms with Gasteiger partial charge in [0.05, 0.1) is 17.5 Å². The summed E-state index contributed by atoms with van der Waals surface area (Å²) in [4.78, 5) is 11.4. The maximum atomic E-state index is 11.6. The number of rotatable bonds is 5. The Morgan fingerprint density at radius 3 is 2.07 bits per heavy atom. The van der Waals surface area contributed by atoms with Crippen molar-refractivity contribution in [1.82, 2.24) is 5.32 Å². The van der Waals surface area contributed by atoms with Gasteiger partial charge in [0.15, 0.2) is 0 Å². The van der Waals surface area contributed by atoms with Crippen molar-refractivity contribution in [3.05, 3.63) is 0 Å². The third kappa shape index (κ3) is 4.42. The van der Waals surface area contributed by atoms with E-state index in [9.17, 15) is 4.79 Å². The van der Waals surface area contributed by atoms with Crippen molar-refractivity contribution >= 4 is 21.8 Å². The summed E-state index contributed by atoms with van der Waals surface area (Å²) in [6.45, 7) is 7.88. The monoisotopic (exact) mass is 265 g/mol. The van der Waals surface area contributed by atoms with Crippen LogP contribution in [0.25, 0.3) is 0 Å². The SMILES string of the molecule is CC(C)C(Br)C(=O)N[C@H](CO)C(C)C. The summed E-state index contributed by atoms with van der Waals surface area (Å²) < 4.78 is 0. The quantitative estimate of drug-likeness (QED) is 0.741. The summed E-state index contributed by atoms with van der Waals surface area (Å²) in [5, 5.41) is 11.8. The fourth-order valence-corrected chi connectivity index (χ4v) is 1.12. The standard InChI is InChI=1S/C10H20BrNO2/c1-6(2)8(5-13)12-10(14)9(11)7(3)4/h6-9,13H,5H2,1-4H3,(H,12,14)/t8-,9?/m1/s1. The van der Waals surface area contributed by atoms with Crippen LogP contribution in [0.3, 0.4) is 0 Å². The minimum Gasteiger partial charge on any atom is -0.394 e. The summed E-state index contributed by atoms with van der Waals surface area (Å²) in [5.74, 6) is 0.449. The molecule has 0 aliphatic heterocycles. The molecule has 1 amide bonds. The minimum absolute atomic E-state index is 0.0127. The van der Waals surface area contributed by atoms with Gasteiger partial charge in [-0.3, -0.25) is 4.79 Å². The van der Waals surface area contributed by atoms with E-state index in [1.165, 1.54) is 0 Å². The third-order valence-electron chi connectivity index (χ3n) is 2.16. The zero-order chi connectivity index (χ0) is 11.3. The molecule has 0 rings (SSSR count). The van der Waals surface area contributed by atoms with Crippen molar-refractivity contribution in [2.75, 3.05) is 6.61 Å². The van der Waals surface area contributed by atoms with Gasteiger partial charge in [-0.05, 0) is 11.8 Å². The first-order valence-electron chi connectivity index (χ1n) is 4.95. The number of carbonyl (C=O) groups excluding carboxylic acids is 1. The second-order valence-corrected chi connectivity index (χ2v) is 5.17. The van der Waals surface area contributed by atoms with Gasteiger partial charge in [-0.25, -0.2) is 0 Å². The van der Waals surface area contributed by atoms with Crippen LogP contribution in [-0.2, 0) is 4.79 Å². The normalized spacial score (nSPS) is 15.7. The molecule has 0 bridgehead atoms. The van der Waals surface area contributed by atoms with E-state index < -0.39 is 0 Å². The van der Waals surface area contributed by atoms with Gasteiger partial charge >= 0.3 is 0 Å². The molecule has 0 aliphatic rings. The van der Waals surface area contributed by atoms with Crippen LogP contribution in [0.2, 0.25) is 0 Å². The van der Waals surface area contributed by atoms with Crippen molar-refractivity contribution in [3.63, 3.8) is 0 Å². The van der Waals surface area contributed by atoms with Crippen molar-refractivity contribution in [1.29, 1.82) is 0 Å². The largest absolute Gasteiger partial charge is 0.394 e. The molecule has 0 heterocycles. The lowest BCUT2D eigenvalue weighted by Crippen LogP contribution is -2.45. The fraction of sp³-hybridized carbons (Fsp3) is 0.900. The van der Waals surface area contributed by atoms with Crippen LogP contribution in [0.5, 0.6) is 0 Å². The molecule has 84 valence electrons. The highest BCUT2D eigenvalue weighted by molar-refractivity contribution is 9.10. The predicted octanol–water partition coefficient (Wildman–Crippen LogP) is 1.54. The number of hydrogen-bond donors (Lipinski definition) is 2. The molecule has 0 spiro atoms. The Hall–Kier alpha value is -0.0900. The molecule has 0 saturated heterocycles. The van der Waals surface area contributed by atoms with Crippen LogP contribution in [0, 0.1) is 11.8 Å². The van der Waals surface area contributed by atoms with Crippen molar-refractivity contribution in [3.8, 4) is 0 Å². The Bertz CT molecular complexity index is 183. The zero-order valence-corrected chi connectivity index (χ0v) is 10.8. The molecular formula is C10H20BrNO2. The number of aliphatic hydroxyl groups is 1. The first-order valence-corrected chi connectivity index (χ1v) is 5.87. The van der Waals surface area contributed by atoms with Crippen LogP contribution in [0.1, 0.15) is 27.7 Å². The molecule has 0 aromatic rings. The third-order valence-corrected chi connectivity index (χ3v) is 3.64.